The van der Waals surface area contributed by atoms with E-state index < -0.39 is 0 Å². The minimum atomic E-state index is -0.328. The molecule has 1 aromatic heterocycles. The number of hydrogen-bond acceptors (Lipinski definition) is 4. The molecule has 1 atom stereocenters. The van der Waals surface area contributed by atoms with Gasteiger partial charge in [0.2, 0.25) is 5.91 Å². The first-order valence-electron chi connectivity index (χ1n) is 7.32. The lowest BCUT2D eigenvalue weighted by atomic mass is 10.3. The summed E-state index contributed by atoms with van der Waals surface area (Å²) in [6, 6.07) is 12.8. The first-order valence-corrected chi connectivity index (χ1v) is 8.58. The fourth-order valence-electron chi connectivity index (χ4n) is 2.22. The number of nitrogens with one attached hydrogen (secondary N) is 2. The molecule has 3 rings (SSSR count). The SMILES string of the molecule is COc1ccccc1NC(=O)[C@@H](C)Sc1nc2ccc(Cl)cc2[nH]1. The van der Waals surface area contributed by atoms with Crippen LogP contribution >= 0.6 is 23.4 Å². The second kappa shape index (κ2) is 7.15. The van der Waals surface area contributed by atoms with Gasteiger partial charge in [-0.2, -0.15) is 0 Å². The summed E-state index contributed by atoms with van der Waals surface area (Å²) < 4.78 is 5.24. The monoisotopic (exact) mass is 361 g/mol. The highest BCUT2D eigenvalue weighted by Gasteiger charge is 2.18. The topological polar surface area (TPSA) is 67.0 Å². The van der Waals surface area contributed by atoms with E-state index >= 15 is 0 Å². The summed E-state index contributed by atoms with van der Waals surface area (Å²) in [7, 11) is 1.57. The van der Waals surface area contributed by atoms with Crippen LogP contribution < -0.4 is 10.1 Å². The summed E-state index contributed by atoms with van der Waals surface area (Å²) in [5.74, 6) is 0.504. The number of anilines is 1. The zero-order valence-corrected chi connectivity index (χ0v) is 14.7. The number of fused-ring (bicyclic) bond motifs is 1. The number of thioether (sulfide) groups is 1. The van der Waals surface area contributed by atoms with Crippen molar-refractivity contribution in [2.75, 3.05) is 12.4 Å². The van der Waals surface area contributed by atoms with Crippen LogP contribution in [0.15, 0.2) is 47.6 Å². The Morgan fingerprint density at radius 1 is 1.33 bits per heavy atom. The van der Waals surface area contributed by atoms with Crippen LogP contribution in [0, 0.1) is 0 Å². The van der Waals surface area contributed by atoms with Crippen LogP contribution in [-0.2, 0) is 4.79 Å². The average Bonchev–Trinajstić information content (AvgIpc) is 2.96. The summed E-state index contributed by atoms with van der Waals surface area (Å²) in [6.45, 7) is 1.83. The van der Waals surface area contributed by atoms with E-state index in [2.05, 4.69) is 15.3 Å². The number of nitrogens with zero attached hydrogens (tertiary/aromatic N) is 1. The predicted molar refractivity (Wildman–Crippen MR) is 98.0 cm³/mol. The van der Waals surface area contributed by atoms with E-state index in [1.807, 2.05) is 31.2 Å². The van der Waals surface area contributed by atoms with Crippen molar-refractivity contribution in [3.05, 3.63) is 47.5 Å². The van der Waals surface area contributed by atoms with Crippen molar-refractivity contribution in [2.45, 2.75) is 17.3 Å². The molecule has 24 heavy (non-hydrogen) atoms. The first-order chi connectivity index (χ1) is 11.6. The van der Waals surface area contributed by atoms with E-state index in [4.69, 9.17) is 16.3 Å². The van der Waals surface area contributed by atoms with Crippen LogP contribution in [0.1, 0.15) is 6.92 Å². The summed E-state index contributed by atoms with van der Waals surface area (Å²) >= 11 is 7.33. The maximum absolute atomic E-state index is 12.4. The summed E-state index contributed by atoms with van der Waals surface area (Å²) in [5, 5.41) is 3.87. The number of aromatic nitrogens is 2. The molecule has 0 aliphatic rings. The van der Waals surface area contributed by atoms with Gasteiger partial charge in [0.05, 0.1) is 29.1 Å². The van der Waals surface area contributed by atoms with Crippen LogP contribution in [0.25, 0.3) is 11.0 Å². The molecule has 0 fully saturated rings. The number of amides is 1. The number of ether oxygens (including phenoxy) is 1. The zero-order valence-electron chi connectivity index (χ0n) is 13.2. The van der Waals surface area contributed by atoms with Gasteiger partial charge in [-0.1, -0.05) is 35.5 Å². The number of carbonyl (C=O) groups excluding carboxylic acids is 1. The van der Waals surface area contributed by atoms with E-state index in [9.17, 15) is 4.79 Å². The van der Waals surface area contributed by atoms with Gasteiger partial charge in [-0.3, -0.25) is 4.79 Å². The number of benzene rings is 2. The summed E-state index contributed by atoms with van der Waals surface area (Å²) in [4.78, 5) is 20.0. The number of H-pyrrole nitrogens is 1. The Morgan fingerprint density at radius 2 is 2.12 bits per heavy atom. The minimum absolute atomic E-state index is 0.122. The molecule has 3 aromatic rings. The van der Waals surface area contributed by atoms with E-state index in [-0.39, 0.29) is 11.2 Å². The quantitative estimate of drug-likeness (QED) is 0.663. The standard InChI is InChI=1S/C17H16ClN3O2S/c1-10(16(22)19-13-5-3-4-6-15(13)23-2)24-17-20-12-8-7-11(18)9-14(12)21-17/h3-10H,1-2H3,(H,19,22)(H,20,21)/t10-/m1/s1. The molecule has 1 heterocycles. The van der Waals surface area contributed by atoms with E-state index in [0.717, 1.165) is 11.0 Å². The normalized spacial score (nSPS) is 12.1. The number of halogens is 1. The van der Waals surface area contributed by atoms with Crippen molar-refractivity contribution in [1.29, 1.82) is 0 Å². The molecule has 0 spiro atoms. The number of methoxy groups -OCH3 is 1. The second-order valence-corrected chi connectivity index (χ2v) is 6.92. The molecular formula is C17H16ClN3O2S. The number of hydrogen-bond donors (Lipinski definition) is 2. The third-order valence-electron chi connectivity index (χ3n) is 3.44. The maximum Gasteiger partial charge on any atom is 0.237 e. The van der Waals surface area contributed by atoms with Crippen LogP contribution in [0.4, 0.5) is 5.69 Å². The highest BCUT2D eigenvalue weighted by molar-refractivity contribution is 8.00. The van der Waals surface area contributed by atoms with Gasteiger partial charge in [0.1, 0.15) is 5.75 Å². The second-order valence-electron chi connectivity index (χ2n) is 5.15. The van der Waals surface area contributed by atoms with Gasteiger partial charge in [0, 0.05) is 5.02 Å². The average molecular weight is 362 g/mol. The lowest BCUT2D eigenvalue weighted by Crippen LogP contribution is -2.22. The van der Waals surface area contributed by atoms with Crippen LogP contribution in [0.2, 0.25) is 5.02 Å². The third kappa shape index (κ3) is 3.66. The zero-order chi connectivity index (χ0) is 17.1. The van der Waals surface area contributed by atoms with Gasteiger partial charge >= 0.3 is 0 Å². The van der Waals surface area contributed by atoms with Crippen molar-refractivity contribution < 1.29 is 9.53 Å². The lowest BCUT2D eigenvalue weighted by molar-refractivity contribution is -0.115. The Kier molecular flexibility index (Phi) is 4.97. The molecule has 0 aliphatic heterocycles. The van der Waals surface area contributed by atoms with Gasteiger partial charge < -0.3 is 15.0 Å². The number of imidazole rings is 1. The summed E-state index contributed by atoms with van der Waals surface area (Å²) in [6.07, 6.45) is 0. The van der Waals surface area contributed by atoms with Crippen molar-refractivity contribution in [2.24, 2.45) is 0 Å². The van der Waals surface area contributed by atoms with Gasteiger partial charge in [-0.25, -0.2) is 4.98 Å². The number of carbonyl (C=O) groups is 1. The maximum atomic E-state index is 12.4. The number of aromatic amines is 1. The van der Waals surface area contributed by atoms with E-state index in [1.165, 1.54) is 11.8 Å². The summed E-state index contributed by atoms with van der Waals surface area (Å²) in [5.41, 5.74) is 2.32. The van der Waals surface area contributed by atoms with Crippen molar-refractivity contribution in [3.8, 4) is 5.75 Å². The lowest BCUT2D eigenvalue weighted by Gasteiger charge is -2.13. The molecule has 0 saturated heterocycles. The smallest absolute Gasteiger partial charge is 0.237 e. The van der Waals surface area contributed by atoms with Crippen LogP contribution in [-0.4, -0.2) is 28.2 Å². The van der Waals surface area contributed by atoms with Crippen molar-refractivity contribution >= 4 is 46.0 Å². The Bertz CT molecular complexity index is 881. The fraction of sp³-hybridized carbons (Fsp3) is 0.176. The Morgan fingerprint density at radius 3 is 2.92 bits per heavy atom. The molecule has 0 aliphatic carbocycles. The van der Waals surface area contributed by atoms with Crippen LogP contribution in [0.5, 0.6) is 5.75 Å². The van der Waals surface area contributed by atoms with E-state index in [0.29, 0.717) is 21.6 Å². The molecule has 5 nitrogen and oxygen atoms in total. The molecule has 2 aromatic carbocycles. The molecular weight excluding hydrogens is 346 g/mol. The van der Waals surface area contributed by atoms with Crippen LogP contribution in [0.3, 0.4) is 0 Å². The Hall–Kier alpha value is -2.18. The van der Waals surface area contributed by atoms with Gasteiger partial charge in [0.25, 0.3) is 0 Å². The molecule has 0 bridgehead atoms. The van der Waals surface area contributed by atoms with Gasteiger partial charge in [0.15, 0.2) is 5.16 Å². The Labute approximate surface area is 148 Å². The largest absolute Gasteiger partial charge is 0.495 e. The predicted octanol–water partition coefficient (Wildman–Crippen LogP) is 4.34. The van der Waals surface area contributed by atoms with Crippen molar-refractivity contribution in [1.82, 2.24) is 9.97 Å². The fourth-order valence-corrected chi connectivity index (χ4v) is 3.21. The van der Waals surface area contributed by atoms with Gasteiger partial charge in [-0.05, 0) is 37.3 Å². The Balaban J connectivity index is 1.71. The number of para-hydroxylation sites is 2. The molecule has 0 radical (unpaired) electrons. The molecule has 124 valence electrons. The molecule has 1 amide bonds. The minimum Gasteiger partial charge on any atom is -0.495 e. The first kappa shape index (κ1) is 16.7. The molecule has 0 saturated carbocycles. The molecule has 2 N–H and O–H groups in total. The molecule has 0 unspecified atom stereocenters. The van der Waals surface area contributed by atoms with Gasteiger partial charge in [-0.15, -0.1) is 0 Å². The number of rotatable bonds is 5. The molecule has 7 heteroatoms. The third-order valence-corrected chi connectivity index (χ3v) is 4.66. The van der Waals surface area contributed by atoms with Crippen molar-refractivity contribution in [3.63, 3.8) is 0 Å². The highest BCUT2D eigenvalue weighted by Crippen LogP contribution is 2.27. The highest BCUT2D eigenvalue weighted by atomic mass is 35.5. The van der Waals surface area contributed by atoms with E-state index in [1.54, 1.807) is 25.3 Å².